The first-order chi connectivity index (χ1) is 12.6. The van der Waals surface area contributed by atoms with Crippen molar-refractivity contribution in [3.8, 4) is 11.5 Å². The van der Waals surface area contributed by atoms with Crippen molar-refractivity contribution >= 4 is 29.5 Å². The third-order valence-electron chi connectivity index (χ3n) is 3.94. The topological polar surface area (TPSA) is 57.1 Å². The number of esters is 1. The Morgan fingerprint density at radius 3 is 2.58 bits per heavy atom. The van der Waals surface area contributed by atoms with Crippen molar-refractivity contribution in [1.82, 2.24) is 0 Å². The van der Waals surface area contributed by atoms with Crippen LogP contribution in [0.1, 0.15) is 17.5 Å². The summed E-state index contributed by atoms with van der Waals surface area (Å²) in [5.41, 5.74) is 2.03. The van der Waals surface area contributed by atoms with Gasteiger partial charge in [-0.1, -0.05) is 35.9 Å². The summed E-state index contributed by atoms with van der Waals surface area (Å²) >= 11 is 6.11. The van der Waals surface area contributed by atoms with Crippen LogP contribution in [0.5, 0.6) is 11.5 Å². The van der Waals surface area contributed by atoms with Gasteiger partial charge in [0.2, 0.25) is 0 Å². The lowest BCUT2D eigenvalue weighted by Gasteiger charge is -2.07. The van der Waals surface area contributed by atoms with Gasteiger partial charge >= 0.3 is 5.97 Å². The van der Waals surface area contributed by atoms with Gasteiger partial charge in [0.25, 0.3) is 0 Å². The molecule has 1 heterocycles. The summed E-state index contributed by atoms with van der Waals surface area (Å²) in [7, 11) is 3.18. The van der Waals surface area contributed by atoms with Gasteiger partial charge in [0.1, 0.15) is 11.5 Å². The fraction of sp³-hybridized carbons (Fsp3) is 0.200. The van der Waals surface area contributed by atoms with Gasteiger partial charge in [-0.25, -0.2) is 9.79 Å². The second kappa shape index (κ2) is 8.06. The first-order valence-corrected chi connectivity index (χ1v) is 8.45. The highest BCUT2D eigenvalue weighted by Gasteiger charge is 2.23. The third kappa shape index (κ3) is 4.06. The number of ether oxygens (including phenoxy) is 3. The number of benzene rings is 2. The number of cyclic esters (lactones) is 1. The minimum absolute atomic E-state index is 0.251. The normalized spacial score (nSPS) is 15.0. The second-order valence-electron chi connectivity index (χ2n) is 5.63. The lowest BCUT2D eigenvalue weighted by atomic mass is 10.1. The van der Waals surface area contributed by atoms with Crippen molar-refractivity contribution in [1.29, 1.82) is 0 Å². The van der Waals surface area contributed by atoms with Crippen LogP contribution in [0.25, 0.3) is 6.08 Å². The van der Waals surface area contributed by atoms with E-state index in [1.807, 2.05) is 24.3 Å². The molecule has 0 fully saturated rings. The molecule has 5 nitrogen and oxygen atoms in total. The van der Waals surface area contributed by atoms with E-state index in [9.17, 15) is 4.79 Å². The molecule has 0 spiro atoms. The Morgan fingerprint density at radius 1 is 1.08 bits per heavy atom. The zero-order chi connectivity index (χ0) is 18.5. The maximum atomic E-state index is 12.0. The van der Waals surface area contributed by atoms with Crippen LogP contribution in [-0.2, 0) is 16.0 Å². The predicted molar refractivity (Wildman–Crippen MR) is 101 cm³/mol. The molecule has 1 aliphatic rings. The van der Waals surface area contributed by atoms with Crippen LogP contribution in [0.3, 0.4) is 0 Å². The molecule has 0 aromatic heterocycles. The molecule has 0 N–H and O–H groups in total. The highest BCUT2D eigenvalue weighted by Crippen LogP contribution is 2.27. The molecular formula is C20H18ClNO4. The molecule has 0 saturated heterocycles. The van der Waals surface area contributed by atoms with Crippen LogP contribution in [0, 0.1) is 0 Å². The number of carbonyl (C=O) groups excluding carboxylic acids is 1. The molecule has 26 heavy (non-hydrogen) atoms. The average molecular weight is 372 g/mol. The van der Waals surface area contributed by atoms with Crippen LogP contribution in [-0.4, -0.2) is 26.1 Å². The first kappa shape index (κ1) is 18.0. The summed E-state index contributed by atoms with van der Waals surface area (Å²) in [5, 5.41) is 0.466. The Bertz CT molecular complexity index is 889. The lowest BCUT2D eigenvalue weighted by molar-refractivity contribution is -0.130. The van der Waals surface area contributed by atoms with E-state index in [1.165, 1.54) is 0 Å². The summed E-state index contributed by atoms with van der Waals surface area (Å²) < 4.78 is 15.7. The van der Waals surface area contributed by atoms with Crippen molar-refractivity contribution in [2.75, 3.05) is 14.2 Å². The molecule has 0 saturated carbocycles. The molecular weight excluding hydrogens is 354 g/mol. The van der Waals surface area contributed by atoms with Crippen LogP contribution in [0.2, 0.25) is 5.02 Å². The lowest BCUT2D eigenvalue weighted by Crippen LogP contribution is -2.05. The molecule has 0 radical (unpaired) electrons. The van der Waals surface area contributed by atoms with Gasteiger partial charge in [-0.15, -0.1) is 0 Å². The van der Waals surface area contributed by atoms with Crippen LogP contribution in [0.4, 0.5) is 0 Å². The fourth-order valence-corrected chi connectivity index (χ4v) is 2.91. The summed E-state index contributed by atoms with van der Waals surface area (Å²) in [6.07, 6.45) is 2.81. The number of hydrogen-bond acceptors (Lipinski definition) is 5. The Labute approximate surface area is 156 Å². The Balaban J connectivity index is 1.73. The number of aryl methyl sites for hydroxylation is 1. The molecule has 2 aromatic rings. The van der Waals surface area contributed by atoms with Gasteiger partial charge in [0, 0.05) is 6.42 Å². The molecule has 0 aliphatic carbocycles. The van der Waals surface area contributed by atoms with E-state index in [2.05, 4.69) is 4.99 Å². The van der Waals surface area contributed by atoms with Crippen molar-refractivity contribution in [2.24, 2.45) is 4.99 Å². The van der Waals surface area contributed by atoms with E-state index in [-0.39, 0.29) is 5.70 Å². The van der Waals surface area contributed by atoms with E-state index < -0.39 is 5.97 Å². The molecule has 6 heteroatoms. The number of hydrogen-bond donors (Lipinski definition) is 0. The summed E-state index contributed by atoms with van der Waals surface area (Å²) in [6, 6.07) is 13.0. The van der Waals surface area contributed by atoms with Crippen molar-refractivity contribution < 1.29 is 19.0 Å². The van der Waals surface area contributed by atoms with E-state index >= 15 is 0 Å². The quantitative estimate of drug-likeness (QED) is 0.561. The molecule has 1 aliphatic heterocycles. The smallest absolute Gasteiger partial charge is 0.363 e. The summed E-state index contributed by atoms with van der Waals surface area (Å²) in [5.74, 6) is 1.31. The molecule has 0 bridgehead atoms. The number of carbonyl (C=O) groups is 1. The number of rotatable bonds is 6. The van der Waals surface area contributed by atoms with E-state index in [0.29, 0.717) is 29.5 Å². The van der Waals surface area contributed by atoms with E-state index in [0.717, 1.165) is 16.9 Å². The third-order valence-corrected chi connectivity index (χ3v) is 4.24. The summed E-state index contributed by atoms with van der Waals surface area (Å²) in [4.78, 5) is 16.3. The van der Waals surface area contributed by atoms with Gasteiger partial charge in [0.15, 0.2) is 11.6 Å². The van der Waals surface area contributed by atoms with Crippen molar-refractivity contribution in [2.45, 2.75) is 12.8 Å². The number of para-hydroxylation sites is 1. The van der Waals surface area contributed by atoms with Crippen LogP contribution < -0.4 is 9.47 Å². The molecule has 0 amide bonds. The van der Waals surface area contributed by atoms with E-state index in [1.54, 1.807) is 38.5 Å². The zero-order valence-electron chi connectivity index (χ0n) is 14.5. The average Bonchev–Trinajstić information content (AvgIpc) is 3.00. The molecule has 2 aromatic carbocycles. The standard InChI is InChI=1S/C20H18ClNO4/c1-24-17-6-4-3-5-14(17)8-10-19-22-16(20(23)26-19)12-13-7-9-18(25-2)15(21)11-13/h3-7,9,11-12H,8,10H2,1-2H3/b16-12+. The Morgan fingerprint density at radius 2 is 1.85 bits per heavy atom. The molecule has 134 valence electrons. The first-order valence-electron chi connectivity index (χ1n) is 8.07. The van der Waals surface area contributed by atoms with Crippen LogP contribution >= 0.6 is 11.6 Å². The molecule has 0 atom stereocenters. The zero-order valence-corrected chi connectivity index (χ0v) is 15.2. The largest absolute Gasteiger partial charge is 0.496 e. The maximum Gasteiger partial charge on any atom is 0.363 e. The van der Waals surface area contributed by atoms with Crippen molar-refractivity contribution in [3.63, 3.8) is 0 Å². The van der Waals surface area contributed by atoms with E-state index in [4.69, 9.17) is 25.8 Å². The highest BCUT2D eigenvalue weighted by molar-refractivity contribution is 6.32. The van der Waals surface area contributed by atoms with Gasteiger partial charge in [0.05, 0.1) is 19.2 Å². The number of nitrogens with zero attached hydrogens (tertiary/aromatic N) is 1. The Kier molecular flexibility index (Phi) is 5.58. The maximum absolute atomic E-state index is 12.0. The highest BCUT2D eigenvalue weighted by atomic mass is 35.5. The summed E-state index contributed by atoms with van der Waals surface area (Å²) in [6.45, 7) is 0. The number of aliphatic imine (C=N–C) groups is 1. The van der Waals surface area contributed by atoms with Gasteiger partial charge in [-0.05, 0) is 41.8 Å². The minimum Gasteiger partial charge on any atom is -0.496 e. The van der Waals surface area contributed by atoms with Crippen LogP contribution in [0.15, 0.2) is 53.2 Å². The SMILES string of the molecule is COc1ccc(/C=C2/N=C(CCc3ccccc3OC)OC2=O)cc1Cl. The Hall–Kier alpha value is -2.79. The minimum atomic E-state index is -0.466. The second-order valence-corrected chi connectivity index (χ2v) is 6.04. The van der Waals surface area contributed by atoms with Gasteiger partial charge < -0.3 is 14.2 Å². The van der Waals surface area contributed by atoms with Gasteiger partial charge in [-0.3, -0.25) is 0 Å². The molecule has 0 unspecified atom stereocenters. The van der Waals surface area contributed by atoms with Gasteiger partial charge in [-0.2, -0.15) is 0 Å². The predicted octanol–water partition coefficient (Wildman–Crippen LogP) is 4.29. The van der Waals surface area contributed by atoms with Crippen molar-refractivity contribution in [3.05, 3.63) is 64.3 Å². The number of methoxy groups -OCH3 is 2. The fourth-order valence-electron chi connectivity index (χ4n) is 2.64. The molecule has 3 rings (SSSR count). The monoisotopic (exact) mass is 371 g/mol. The number of halogens is 1.